The summed E-state index contributed by atoms with van der Waals surface area (Å²) < 4.78 is 24.2. The van der Waals surface area contributed by atoms with Crippen molar-refractivity contribution in [3.05, 3.63) is 5.01 Å². The Morgan fingerprint density at radius 3 is 2.73 bits per heavy atom. The summed E-state index contributed by atoms with van der Waals surface area (Å²) in [6.07, 6.45) is 1.35. The number of amides is 1. The maximum atomic E-state index is 12.6. The molecule has 0 N–H and O–H groups in total. The lowest BCUT2D eigenvalue weighted by Gasteiger charge is -2.33. The third-order valence-corrected chi connectivity index (χ3v) is 7.49. The van der Waals surface area contributed by atoms with Gasteiger partial charge in [0.25, 0.3) is 0 Å². The van der Waals surface area contributed by atoms with E-state index in [1.807, 2.05) is 20.8 Å². The predicted octanol–water partition coefficient (Wildman–Crippen LogP) is 1.75. The van der Waals surface area contributed by atoms with E-state index >= 15 is 0 Å². The molecule has 22 heavy (non-hydrogen) atoms. The minimum absolute atomic E-state index is 0.0192. The molecule has 0 unspecified atom stereocenters. The smallest absolute Gasteiger partial charge is 0.233 e. The molecular weight excluding hydrogens is 342 g/mol. The fourth-order valence-electron chi connectivity index (χ4n) is 2.54. The molecule has 0 radical (unpaired) electrons. The topological polar surface area (TPSA) is 80.2 Å². The maximum Gasteiger partial charge on any atom is 0.233 e. The van der Waals surface area contributed by atoms with Gasteiger partial charge in [-0.25, -0.2) is 8.42 Å². The Morgan fingerprint density at radius 1 is 1.50 bits per heavy atom. The summed E-state index contributed by atoms with van der Waals surface area (Å²) >= 11 is 2.83. The van der Waals surface area contributed by atoms with Crippen molar-refractivity contribution in [1.82, 2.24) is 15.1 Å². The first kappa shape index (κ1) is 17.7. The predicted molar refractivity (Wildman–Crippen MR) is 89.0 cm³/mol. The average molecular weight is 364 g/mol. The summed E-state index contributed by atoms with van der Waals surface area (Å²) in [5, 5.41) is 8.80. The van der Waals surface area contributed by atoms with Crippen LogP contribution in [0, 0.1) is 6.92 Å². The molecule has 0 aromatic carbocycles. The highest BCUT2D eigenvalue weighted by molar-refractivity contribution is 8.01. The number of hydrogen-bond acceptors (Lipinski definition) is 7. The molecule has 124 valence electrons. The molecule has 0 spiro atoms. The van der Waals surface area contributed by atoms with Gasteiger partial charge in [0, 0.05) is 12.1 Å². The van der Waals surface area contributed by atoms with Gasteiger partial charge in [-0.3, -0.25) is 4.79 Å². The number of carbonyl (C=O) groups is 1. The Morgan fingerprint density at radius 2 is 2.23 bits per heavy atom. The van der Waals surface area contributed by atoms with Gasteiger partial charge in [0.05, 0.1) is 17.3 Å². The highest BCUT2D eigenvalue weighted by Crippen LogP contribution is 2.25. The molecule has 1 aromatic heterocycles. The van der Waals surface area contributed by atoms with Crippen molar-refractivity contribution in [1.29, 1.82) is 0 Å². The number of hydrogen-bond donors (Lipinski definition) is 0. The van der Waals surface area contributed by atoms with Gasteiger partial charge in [-0.15, -0.1) is 10.2 Å². The standard InChI is InChI=1S/C13H21N3O3S3/c1-4-9(2)16(11-5-6-22(18,19)8-11)12(17)7-20-13-15-14-10(3)21-13/h9,11H,4-8H2,1-3H3/t9-,11+/m0/s1. The van der Waals surface area contributed by atoms with Crippen LogP contribution < -0.4 is 0 Å². The Bertz CT molecular complexity index is 629. The van der Waals surface area contributed by atoms with Crippen molar-refractivity contribution in [2.24, 2.45) is 0 Å². The van der Waals surface area contributed by atoms with Gasteiger partial charge in [-0.2, -0.15) is 0 Å². The number of rotatable bonds is 6. The van der Waals surface area contributed by atoms with Gasteiger partial charge in [-0.05, 0) is 26.7 Å². The third-order valence-electron chi connectivity index (χ3n) is 3.78. The molecule has 1 aliphatic rings. The Hall–Kier alpha value is -0.670. The van der Waals surface area contributed by atoms with E-state index in [1.165, 1.54) is 23.1 Å². The van der Waals surface area contributed by atoms with Crippen LogP contribution in [-0.4, -0.2) is 58.8 Å². The summed E-state index contributed by atoms with van der Waals surface area (Å²) in [6.45, 7) is 5.86. The van der Waals surface area contributed by atoms with E-state index in [4.69, 9.17) is 0 Å². The molecule has 2 rings (SSSR count). The first-order valence-electron chi connectivity index (χ1n) is 7.27. The van der Waals surface area contributed by atoms with Crippen LogP contribution in [0.5, 0.6) is 0 Å². The Balaban J connectivity index is 2.03. The van der Waals surface area contributed by atoms with E-state index in [-0.39, 0.29) is 35.2 Å². The van der Waals surface area contributed by atoms with E-state index in [1.54, 1.807) is 4.90 Å². The zero-order chi connectivity index (χ0) is 16.3. The number of thioether (sulfide) groups is 1. The fourth-order valence-corrected chi connectivity index (χ4v) is 5.93. The quantitative estimate of drug-likeness (QED) is 0.717. The molecule has 0 bridgehead atoms. The van der Waals surface area contributed by atoms with E-state index in [0.29, 0.717) is 6.42 Å². The summed E-state index contributed by atoms with van der Waals surface area (Å²) in [4.78, 5) is 14.4. The molecule has 0 aliphatic carbocycles. The molecule has 1 aliphatic heterocycles. The molecule has 1 aromatic rings. The molecule has 6 nitrogen and oxygen atoms in total. The summed E-state index contributed by atoms with van der Waals surface area (Å²) in [5.74, 6) is 0.524. The number of nitrogens with zero attached hydrogens (tertiary/aromatic N) is 3. The zero-order valence-corrected chi connectivity index (χ0v) is 15.4. The van der Waals surface area contributed by atoms with Gasteiger partial charge in [-0.1, -0.05) is 30.0 Å². The fraction of sp³-hybridized carbons (Fsp3) is 0.769. The lowest BCUT2D eigenvalue weighted by molar-refractivity contribution is -0.132. The first-order valence-corrected chi connectivity index (χ1v) is 10.9. The monoisotopic (exact) mass is 363 g/mol. The second kappa shape index (κ2) is 7.27. The Labute approximate surface area is 139 Å². The van der Waals surface area contributed by atoms with Crippen LogP contribution in [0.15, 0.2) is 4.34 Å². The minimum atomic E-state index is -3.00. The molecule has 1 amide bonds. The van der Waals surface area contributed by atoms with Crippen molar-refractivity contribution in [3.63, 3.8) is 0 Å². The van der Waals surface area contributed by atoms with Crippen molar-refractivity contribution < 1.29 is 13.2 Å². The number of aryl methyl sites for hydroxylation is 1. The van der Waals surface area contributed by atoms with Crippen LogP contribution in [0.1, 0.15) is 31.7 Å². The minimum Gasteiger partial charge on any atom is -0.335 e. The largest absolute Gasteiger partial charge is 0.335 e. The van der Waals surface area contributed by atoms with E-state index < -0.39 is 9.84 Å². The van der Waals surface area contributed by atoms with Crippen LogP contribution in [0.2, 0.25) is 0 Å². The van der Waals surface area contributed by atoms with Gasteiger partial charge >= 0.3 is 0 Å². The van der Waals surface area contributed by atoms with E-state index in [9.17, 15) is 13.2 Å². The molecular formula is C13H21N3O3S3. The molecule has 1 fully saturated rings. The normalized spacial score (nSPS) is 21.7. The maximum absolute atomic E-state index is 12.6. The number of carbonyl (C=O) groups excluding carboxylic acids is 1. The number of sulfone groups is 1. The van der Waals surface area contributed by atoms with Crippen molar-refractivity contribution in [3.8, 4) is 0 Å². The van der Waals surface area contributed by atoms with Gasteiger partial charge in [0.2, 0.25) is 5.91 Å². The average Bonchev–Trinajstić information content (AvgIpc) is 3.02. The first-order chi connectivity index (χ1) is 10.3. The van der Waals surface area contributed by atoms with E-state index in [2.05, 4.69) is 10.2 Å². The second-order valence-corrected chi connectivity index (χ2v) is 10.1. The summed E-state index contributed by atoms with van der Waals surface area (Å²) in [6, 6.07) is -0.147. The van der Waals surface area contributed by atoms with Gasteiger partial charge in [0.1, 0.15) is 5.01 Å². The zero-order valence-electron chi connectivity index (χ0n) is 13.0. The van der Waals surface area contributed by atoms with Crippen molar-refractivity contribution >= 4 is 38.8 Å². The van der Waals surface area contributed by atoms with Gasteiger partial charge < -0.3 is 4.90 Å². The SMILES string of the molecule is CC[C@H](C)N(C(=O)CSc1nnc(C)s1)[C@@H]1CCS(=O)(=O)C1. The van der Waals surface area contributed by atoms with Crippen LogP contribution in [0.3, 0.4) is 0 Å². The second-order valence-electron chi connectivity index (χ2n) is 5.49. The number of aromatic nitrogens is 2. The highest BCUT2D eigenvalue weighted by atomic mass is 32.2. The van der Waals surface area contributed by atoms with Crippen molar-refractivity contribution in [2.75, 3.05) is 17.3 Å². The summed E-state index contributed by atoms with van der Waals surface area (Å²) in [7, 11) is -3.00. The van der Waals surface area contributed by atoms with Crippen molar-refractivity contribution in [2.45, 2.75) is 50.0 Å². The molecule has 9 heteroatoms. The van der Waals surface area contributed by atoms with Gasteiger partial charge in [0.15, 0.2) is 14.2 Å². The van der Waals surface area contributed by atoms with Crippen LogP contribution in [0.25, 0.3) is 0 Å². The molecule has 0 saturated carbocycles. The van der Waals surface area contributed by atoms with Crippen LogP contribution >= 0.6 is 23.1 Å². The third kappa shape index (κ3) is 4.42. The van der Waals surface area contributed by atoms with E-state index in [0.717, 1.165) is 15.8 Å². The molecule has 2 heterocycles. The molecule has 2 atom stereocenters. The highest BCUT2D eigenvalue weighted by Gasteiger charge is 2.36. The lowest BCUT2D eigenvalue weighted by Crippen LogP contribution is -2.47. The van der Waals surface area contributed by atoms with Crippen LogP contribution in [-0.2, 0) is 14.6 Å². The Kier molecular flexibility index (Phi) is 5.84. The lowest BCUT2D eigenvalue weighted by atomic mass is 10.1. The van der Waals surface area contributed by atoms with Crippen LogP contribution in [0.4, 0.5) is 0 Å². The summed E-state index contributed by atoms with van der Waals surface area (Å²) in [5.41, 5.74) is 0. The molecule has 1 saturated heterocycles.